The Labute approximate surface area is 230 Å². The molecule has 2 atom stereocenters. The van der Waals surface area contributed by atoms with Crippen molar-refractivity contribution < 1.29 is 18.7 Å². The van der Waals surface area contributed by atoms with Crippen molar-refractivity contribution in [1.82, 2.24) is 9.97 Å². The molecule has 1 aliphatic heterocycles. The van der Waals surface area contributed by atoms with E-state index in [-0.39, 0.29) is 48.1 Å². The standard InChI is InChI=1S/C25H26FN5O3S.2ClH/c1-34-16-11-17-19(7-9-28-22(17)18(26)12-16)30-24(33)25(27)8-3-2-4-14(25)10-15-5-6-20-23(29-15)31-21(32)13-35-20;;/h5-7,9,11-12,14H,2-4,8,10,13,27H2,1H3,(H,28,30,33)(H,29,31,32);2*1H/t14?,25-;;/m1../s1. The number of halogens is 3. The number of thioether (sulfide) groups is 1. The molecule has 1 fully saturated rings. The summed E-state index contributed by atoms with van der Waals surface area (Å²) in [7, 11) is 1.45. The number of hydrogen-bond donors (Lipinski definition) is 3. The summed E-state index contributed by atoms with van der Waals surface area (Å²) in [6.45, 7) is 0. The first-order valence-electron chi connectivity index (χ1n) is 11.5. The second-order valence-electron chi connectivity index (χ2n) is 8.99. The lowest BCUT2D eigenvalue weighted by Gasteiger charge is -2.40. The van der Waals surface area contributed by atoms with Gasteiger partial charge >= 0.3 is 0 Å². The number of amides is 2. The molecule has 3 heterocycles. The minimum Gasteiger partial charge on any atom is -0.497 e. The van der Waals surface area contributed by atoms with E-state index in [1.165, 1.54) is 31.1 Å². The Hall–Kier alpha value is -2.66. The van der Waals surface area contributed by atoms with Gasteiger partial charge in [-0.25, -0.2) is 9.37 Å². The molecule has 1 saturated carbocycles. The van der Waals surface area contributed by atoms with E-state index < -0.39 is 11.4 Å². The van der Waals surface area contributed by atoms with E-state index in [0.717, 1.165) is 29.9 Å². The Kier molecular flexibility index (Phi) is 9.22. The van der Waals surface area contributed by atoms with E-state index in [9.17, 15) is 14.0 Å². The molecule has 0 spiro atoms. The van der Waals surface area contributed by atoms with Crippen LogP contribution < -0.4 is 21.1 Å². The van der Waals surface area contributed by atoms with E-state index >= 15 is 0 Å². The van der Waals surface area contributed by atoms with Crippen LogP contribution in [0.5, 0.6) is 5.75 Å². The number of aromatic nitrogens is 2. The van der Waals surface area contributed by atoms with Crippen molar-refractivity contribution in [3.8, 4) is 5.75 Å². The van der Waals surface area contributed by atoms with Crippen molar-refractivity contribution >= 4 is 70.8 Å². The molecular weight excluding hydrogens is 540 g/mol. The van der Waals surface area contributed by atoms with Crippen LogP contribution in [-0.4, -0.2) is 40.2 Å². The van der Waals surface area contributed by atoms with Gasteiger partial charge in [0, 0.05) is 23.3 Å². The molecule has 1 unspecified atom stereocenters. The SMILES string of the molecule is COc1cc(F)c2nccc(NC(=O)[C@@]3(N)CCCCC3Cc3ccc4c(n3)NC(=O)CS4)c2c1.Cl.Cl. The van der Waals surface area contributed by atoms with Crippen molar-refractivity contribution in [3.05, 3.63) is 48.0 Å². The zero-order valence-corrected chi connectivity index (χ0v) is 22.5. The highest BCUT2D eigenvalue weighted by atomic mass is 35.5. The highest BCUT2D eigenvalue weighted by molar-refractivity contribution is 8.00. The Morgan fingerprint density at radius 2 is 2.11 bits per heavy atom. The van der Waals surface area contributed by atoms with Crippen LogP contribution in [0.1, 0.15) is 31.4 Å². The van der Waals surface area contributed by atoms with Crippen molar-refractivity contribution in [1.29, 1.82) is 0 Å². The number of nitrogens with zero attached hydrogens (tertiary/aromatic N) is 2. The van der Waals surface area contributed by atoms with E-state index in [4.69, 9.17) is 10.5 Å². The zero-order valence-electron chi connectivity index (χ0n) is 20.1. The summed E-state index contributed by atoms with van der Waals surface area (Å²) in [5.74, 6) is 0.202. The maximum Gasteiger partial charge on any atom is 0.244 e. The smallest absolute Gasteiger partial charge is 0.244 e. The molecule has 3 aromatic rings. The fourth-order valence-corrected chi connectivity index (χ4v) is 5.63. The second kappa shape index (κ2) is 11.8. The van der Waals surface area contributed by atoms with Gasteiger partial charge in [0.25, 0.3) is 0 Å². The van der Waals surface area contributed by atoms with Gasteiger partial charge in [-0.3, -0.25) is 14.6 Å². The Balaban J connectivity index is 0.00000190. The third-order valence-corrected chi connectivity index (χ3v) is 7.84. The maximum atomic E-state index is 14.5. The van der Waals surface area contributed by atoms with Crippen LogP contribution in [0.3, 0.4) is 0 Å². The summed E-state index contributed by atoms with van der Waals surface area (Å²) in [5.41, 5.74) is 7.04. The molecule has 4 N–H and O–H groups in total. The topological polar surface area (TPSA) is 119 Å². The largest absolute Gasteiger partial charge is 0.497 e. The van der Waals surface area contributed by atoms with Gasteiger partial charge in [0.05, 0.1) is 29.0 Å². The summed E-state index contributed by atoms with van der Waals surface area (Å²) >= 11 is 1.46. The molecular formula is C25H28Cl2FN5O3S. The fourth-order valence-electron chi connectivity index (χ4n) is 4.88. The van der Waals surface area contributed by atoms with Gasteiger partial charge < -0.3 is 21.1 Å². The van der Waals surface area contributed by atoms with Crippen molar-refractivity contribution in [2.24, 2.45) is 11.7 Å². The summed E-state index contributed by atoms with van der Waals surface area (Å²) in [6.07, 6.45) is 5.08. The van der Waals surface area contributed by atoms with Crippen LogP contribution in [0.15, 0.2) is 41.4 Å². The molecule has 2 aliphatic rings. The third-order valence-electron chi connectivity index (χ3n) is 6.79. The predicted octanol–water partition coefficient (Wildman–Crippen LogP) is 4.73. The quantitative estimate of drug-likeness (QED) is 0.407. The third kappa shape index (κ3) is 5.77. The van der Waals surface area contributed by atoms with E-state index in [0.29, 0.717) is 41.2 Å². The fraction of sp³-hybridized carbons (Fsp3) is 0.360. The highest BCUT2D eigenvalue weighted by Crippen LogP contribution is 2.37. The second-order valence-corrected chi connectivity index (χ2v) is 10.0. The number of anilines is 2. The lowest BCUT2D eigenvalue weighted by molar-refractivity contribution is -0.124. The minimum absolute atomic E-state index is 0. The Bertz CT molecular complexity index is 1330. The van der Waals surface area contributed by atoms with Gasteiger partial charge in [-0.1, -0.05) is 12.8 Å². The average molecular weight is 569 g/mol. The van der Waals surface area contributed by atoms with E-state index in [1.54, 1.807) is 12.1 Å². The summed E-state index contributed by atoms with van der Waals surface area (Å²) in [5, 5.41) is 6.20. The number of rotatable bonds is 5. The van der Waals surface area contributed by atoms with Crippen LogP contribution in [0, 0.1) is 11.7 Å². The number of carbonyl (C=O) groups excluding carboxylic acids is 2. The van der Waals surface area contributed by atoms with Crippen molar-refractivity contribution in [3.63, 3.8) is 0 Å². The number of pyridine rings is 2. The minimum atomic E-state index is -1.12. The summed E-state index contributed by atoms with van der Waals surface area (Å²) in [6, 6.07) is 8.42. The van der Waals surface area contributed by atoms with Crippen molar-refractivity contribution in [2.45, 2.75) is 42.5 Å². The first kappa shape index (κ1) is 28.9. The number of nitrogens with two attached hydrogens (primary N) is 1. The predicted molar refractivity (Wildman–Crippen MR) is 148 cm³/mol. The van der Waals surface area contributed by atoms with Gasteiger partial charge in [-0.15, -0.1) is 36.6 Å². The number of methoxy groups -OCH3 is 1. The van der Waals surface area contributed by atoms with Crippen LogP contribution in [0.4, 0.5) is 15.9 Å². The molecule has 8 nitrogen and oxygen atoms in total. The summed E-state index contributed by atoms with van der Waals surface area (Å²) < 4.78 is 19.7. The molecule has 0 saturated heterocycles. The molecule has 0 bridgehead atoms. The van der Waals surface area contributed by atoms with Gasteiger partial charge in [-0.05, 0) is 49.4 Å². The molecule has 198 valence electrons. The lowest BCUT2D eigenvalue weighted by Crippen LogP contribution is -2.58. The first-order valence-corrected chi connectivity index (χ1v) is 12.5. The first-order chi connectivity index (χ1) is 16.9. The lowest BCUT2D eigenvalue weighted by atomic mass is 9.70. The van der Waals surface area contributed by atoms with Crippen LogP contribution in [0.25, 0.3) is 10.9 Å². The maximum absolute atomic E-state index is 14.5. The van der Waals surface area contributed by atoms with Gasteiger partial charge in [-0.2, -0.15) is 0 Å². The molecule has 0 radical (unpaired) electrons. The highest BCUT2D eigenvalue weighted by Gasteiger charge is 2.44. The Morgan fingerprint density at radius 1 is 1.30 bits per heavy atom. The molecule has 37 heavy (non-hydrogen) atoms. The molecule has 1 aliphatic carbocycles. The van der Waals surface area contributed by atoms with Crippen molar-refractivity contribution in [2.75, 3.05) is 23.5 Å². The number of nitrogens with one attached hydrogen (secondary N) is 2. The van der Waals surface area contributed by atoms with Gasteiger partial charge in [0.1, 0.15) is 17.1 Å². The van der Waals surface area contributed by atoms with Gasteiger partial charge in [0.2, 0.25) is 11.8 Å². The number of benzene rings is 1. The molecule has 1 aromatic carbocycles. The normalized spacial score (nSPS) is 20.6. The number of hydrogen-bond acceptors (Lipinski definition) is 7. The molecule has 5 rings (SSSR count). The van der Waals surface area contributed by atoms with Crippen LogP contribution in [-0.2, 0) is 16.0 Å². The Morgan fingerprint density at radius 3 is 2.89 bits per heavy atom. The van der Waals surface area contributed by atoms with Gasteiger partial charge in [0.15, 0.2) is 5.82 Å². The number of ether oxygens (including phenoxy) is 1. The van der Waals surface area contributed by atoms with Crippen LogP contribution >= 0.6 is 36.6 Å². The van der Waals surface area contributed by atoms with Crippen LogP contribution in [0.2, 0.25) is 0 Å². The molecule has 12 heteroatoms. The monoisotopic (exact) mass is 567 g/mol. The summed E-state index contributed by atoms with van der Waals surface area (Å²) in [4.78, 5) is 35.0. The van der Waals surface area contributed by atoms with E-state index in [1.807, 2.05) is 12.1 Å². The average Bonchev–Trinajstić information content (AvgIpc) is 2.85. The number of carbonyl (C=O) groups is 2. The van der Waals surface area contributed by atoms with E-state index in [2.05, 4.69) is 20.6 Å². The number of fused-ring (bicyclic) bond motifs is 2. The molecule has 2 aromatic heterocycles. The zero-order chi connectivity index (χ0) is 24.6. The molecule has 2 amide bonds.